The Labute approximate surface area is 210 Å². The molecule has 5 rings (SSSR count). The molecule has 3 aromatic carbocycles. The Morgan fingerprint density at radius 2 is 1.72 bits per heavy atom. The Hall–Kier alpha value is -3.81. The molecule has 1 saturated heterocycles. The highest BCUT2D eigenvalue weighted by molar-refractivity contribution is 6.13. The van der Waals surface area contributed by atoms with E-state index < -0.39 is 5.82 Å². The average molecular weight is 485 g/mol. The van der Waals surface area contributed by atoms with Crippen LogP contribution in [0, 0.1) is 5.82 Å². The smallest absolute Gasteiger partial charge is 0.256 e. The summed E-state index contributed by atoms with van der Waals surface area (Å²) in [6.45, 7) is 4.27. The Morgan fingerprint density at radius 1 is 1.00 bits per heavy atom. The highest BCUT2D eigenvalue weighted by Crippen LogP contribution is 2.27. The average Bonchev–Trinajstić information content (AvgIpc) is 2.89. The molecule has 1 amide bonds. The SMILES string of the molecule is CN(C)c1ccc(NC(=O)c2cc(-c3ccc(CN4CCOCC4)cc3)nc3ccc(F)cc23)cc1. The van der Waals surface area contributed by atoms with Crippen LogP contribution in [0.25, 0.3) is 22.2 Å². The van der Waals surface area contributed by atoms with Gasteiger partial charge >= 0.3 is 0 Å². The maximum absolute atomic E-state index is 14.1. The van der Waals surface area contributed by atoms with Crippen LogP contribution in [0.5, 0.6) is 0 Å². The highest BCUT2D eigenvalue weighted by atomic mass is 19.1. The molecule has 1 aliphatic heterocycles. The molecule has 1 fully saturated rings. The molecule has 0 saturated carbocycles. The van der Waals surface area contributed by atoms with Crippen molar-refractivity contribution in [3.8, 4) is 11.3 Å². The number of aromatic nitrogens is 1. The number of hydrogen-bond acceptors (Lipinski definition) is 5. The normalized spacial score (nSPS) is 14.1. The molecule has 0 bridgehead atoms. The molecular formula is C29H29FN4O2. The number of rotatable bonds is 6. The van der Waals surface area contributed by atoms with Crippen LogP contribution < -0.4 is 10.2 Å². The zero-order valence-corrected chi connectivity index (χ0v) is 20.5. The number of halogens is 1. The molecule has 36 heavy (non-hydrogen) atoms. The summed E-state index contributed by atoms with van der Waals surface area (Å²) >= 11 is 0. The molecule has 1 N–H and O–H groups in total. The molecule has 0 atom stereocenters. The van der Waals surface area contributed by atoms with Crippen LogP contribution in [0.3, 0.4) is 0 Å². The van der Waals surface area contributed by atoms with E-state index in [-0.39, 0.29) is 5.91 Å². The number of nitrogens with zero attached hydrogens (tertiary/aromatic N) is 3. The van der Waals surface area contributed by atoms with Gasteiger partial charge in [-0.25, -0.2) is 9.37 Å². The van der Waals surface area contributed by atoms with E-state index in [1.165, 1.54) is 17.7 Å². The maximum atomic E-state index is 14.1. The Morgan fingerprint density at radius 3 is 2.42 bits per heavy atom. The van der Waals surface area contributed by atoms with E-state index in [1.54, 1.807) is 12.1 Å². The number of fused-ring (bicyclic) bond motifs is 1. The van der Waals surface area contributed by atoms with E-state index in [4.69, 9.17) is 9.72 Å². The summed E-state index contributed by atoms with van der Waals surface area (Å²) in [7, 11) is 3.92. The predicted octanol–water partition coefficient (Wildman–Crippen LogP) is 5.19. The summed E-state index contributed by atoms with van der Waals surface area (Å²) in [6, 6.07) is 21.9. The summed E-state index contributed by atoms with van der Waals surface area (Å²) in [4.78, 5) is 22.4. The van der Waals surface area contributed by atoms with Crippen molar-refractivity contribution in [3.63, 3.8) is 0 Å². The lowest BCUT2D eigenvalue weighted by Gasteiger charge is -2.26. The summed E-state index contributed by atoms with van der Waals surface area (Å²) in [6.07, 6.45) is 0. The van der Waals surface area contributed by atoms with Gasteiger partial charge in [-0.1, -0.05) is 24.3 Å². The molecule has 184 valence electrons. The number of morpholine rings is 1. The fourth-order valence-electron chi connectivity index (χ4n) is 4.37. The third kappa shape index (κ3) is 5.37. The molecule has 6 nitrogen and oxygen atoms in total. The number of amides is 1. The maximum Gasteiger partial charge on any atom is 0.256 e. The van der Waals surface area contributed by atoms with Gasteiger partial charge in [-0.2, -0.15) is 0 Å². The van der Waals surface area contributed by atoms with Crippen LogP contribution >= 0.6 is 0 Å². The van der Waals surface area contributed by atoms with E-state index in [2.05, 4.69) is 22.3 Å². The van der Waals surface area contributed by atoms with Crippen LogP contribution in [0.1, 0.15) is 15.9 Å². The van der Waals surface area contributed by atoms with Gasteiger partial charge in [0.15, 0.2) is 0 Å². The van der Waals surface area contributed by atoms with Gasteiger partial charge in [0.25, 0.3) is 5.91 Å². The molecule has 4 aromatic rings. The van der Waals surface area contributed by atoms with E-state index in [0.29, 0.717) is 27.8 Å². The molecule has 0 aliphatic carbocycles. The van der Waals surface area contributed by atoms with Gasteiger partial charge in [-0.3, -0.25) is 9.69 Å². The van der Waals surface area contributed by atoms with Crippen LogP contribution in [-0.2, 0) is 11.3 Å². The van der Waals surface area contributed by atoms with E-state index in [1.807, 2.05) is 55.4 Å². The lowest BCUT2D eigenvalue weighted by atomic mass is 10.0. The monoisotopic (exact) mass is 484 g/mol. The van der Waals surface area contributed by atoms with Gasteiger partial charge < -0.3 is 15.0 Å². The number of nitrogens with one attached hydrogen (secondary N) is 1. The lowest BCUT2D eigenvalue weighted by Crippen LogP contribution is -2.35. The Balaban J connectivity index is 1.44. The zero-order chi connectivity index (χ0) is 25.1. The summed E-state index contributed by atoms with van der Waals surface area (Å²) in [5.74, 6) is -0.718. The summed E-state index contributed by atoms with van der Waals surface area (Å²) in [5, 5.41) is 3.42. The van der Waals surface area contributed by atoms with Crippen molar-refractivity contribution >= 4 is 28.2 Å². The standard InChI is InChI=1S/C29H29FN4O2/c1-33(2)24-10-8-23(9-11-24)31-29(35)26-18-28(32-27-12-7-22(30)17-25(26)27)21-5-3-20(4-6-21)19-34-13-15-36-16-14-34/h3-12,17-18H,13-16,19H2,1-2H3,(H,31,35). The number of pyridine rings is 1. The molecular weight excluding hydrogens is 455 g/mol. The van der Waals surface area contributed by atoms with Crippen LogP contribution in [0.15, 0.2) is 72.8 Å². The van der Waals surface area contributed by atoms with Crippen LogP contribution in [-0.4, -0.2) is 56.2 Å². The van der Waals surface area contributed by atoms with Crippen molar-refractivity contribution in [2.24, 2.45) is 0 Å². The van der Waals surface area contributed by atoms with Crippen molar-refractivity contribution in [2.45, 2.75) is 6.54 Å². The van der Waals surface area contributed by atoms with Gasteiger partial charge in [0.05, 0.1) is 30.0 Å². The first-order valence-electron chi connectivity index (χ1n) is 12.0. The van der Waals surface area contributed by atoms with Crippen molar-refractivity contribution in [1.82, 2.24) is 9.88 Å². The van der Waals surface area contributed by atoms with E-state index >= 15 is 0 Å². The Bertz CT molecular complexity index is 1360. The van der Waals surface area contributed by atoms with Crippen molar-refractivity contribution in [1.29, 1.82) is 0 Å². The predicted molar refractivity (Wildman–Crippen MR) is 142 cm³/mol. The third-order valence-corrected chi connectivity index (χ3v) is 6.42. The van der Waals surface area contributed by atoms with Crippen molar-refractivity contribution in [2.75, 3.05) is 50.6 Å². The summed E-state index contributed by atoms with van der Waals surface area (Å²) in [5.41, 5.74) is 5.42. The largest absolute Gasteiger partial charge is 0.379 e. The first-order chi connectivity index (χ1) is 17.5. The second kappa shape index (κ2) is 10.4. The van der Waals surface area contributed by atoms with Gasteiger partial charge in [0, 0.05) is 56.1 Å². The van der Waals surface area contributed by atoms with Gasteiger partial charge in [0.1, 0.15) is 5.82 Å². The van der Waals surface area contributed by atoms with Crippen LogP contribution in [0.4, 0.5) is 15.8 Å². The van der Waals surface area contributed by atoms with Crippen LogP contribution in [0.2, 0.25) is 0 Å². The second-order valence-electron chi connectivity index (χ2n) is 9.20. The molecule has 0 radical (unpaired) electrons. The minimum atomic E-state index is -0.408. The molecule has 1 aromatic heterocycles. The number of carbonyl (C=O) groups is 1. The number of ether oxygens (including phenoxy) is 1. The molecule has 0 spiro atoms. The molecule has 0 unspecified atom stereocenters. The van der Waals surface area contributed by atoms with E-state index in [0.717, 1.165) is 44.1 Å². The van der Waals surface area contributed by atoms with Gasteiger partial charge in [-0.15, -0.1) is 0 Å². The number of benzene rings is 3. The zero-order valence-electron chi connectivity index (χ0n) is 20.5. The van der Waals surface area contributed by atoms with Gasteiger partial charge in [0.2, 0.25) is 0 Å². The first-order valence-corrected chi connectivity index (χ1v) is 12.0. The number of carbonyl (C=O) groups excluding carboxylic acids is 1. The minimum Gasteiger partial charge on any atom is -0.379 e. The van der Waals surface area contributed by atoms with Crippen molar-refractivity contribution < 1.29 is 13.9 Å². The van der Waals surface area contributed by atoms with E-state index in [9.17, 15) is 9.18 Å². The fraction of sp³-hybridized carbons (Fsp3) is 0.241. The molecule has 7 heteroatoms. The number of anilines is 2. The number of hydrogen-bond donors (Lipinski definition) is 1. The quantitative estimate of drug-likeness (QED) is 0.408. The topological polar surface area (TPSA) is 57.7 Å². The Kier molecular flexibility index (Phi) is 6.93. The first kappa shape index (κ1) is 23.9. The molecule has 2 heterocycles. The van der Waals surface area contributed by atoms with Crippen molar-refractivity contribution in [3.05, 3.63) is 89.7 Å². The third-order valence-electron chi connectivity index (χ3n) is 6.42. The fourth-order valence-corrected chi connectivity index (χ4v) is 4.37. The second-order valence-corrected chi connectivity index (χ2v) is 9.20. The lowest BCUT2D eigenvalue weighted by molar-refractivity contribution is 0.0342. The summed E-state index contributed by atoms with van der Waals surface area (Å²) < 4.78 is 19.5. The van der Waals surface area contributed by atoms with Gasteiger partial charge in [-0.05, 0) is 54.1 Å². The minimum absolute atomic E-state index is 0.309. The molecule has 1 aliphatic rings. The highest BCUT2D eigenvalue weighted by Gasteiger charge is 2.16.